The van der Waals surface area contributed by atoms with Crippen LogP contribution in [0.4, 0.5) is 5.82 Å². The fourth-order valence-corrected chi connectivity index (χ4v) is 2.97. The summed E-state index contributed by atoms with van der Waals surface area (Å²) < 4.78 is 0. The van der Waals surface area contributed by atoms with Gasteiger partial charge in [-0.3, -0.25) is 0 Å². The molecule has 3 N–H and O–H groups in total. The second-order valence-corrected chi connectivity index (χ2v) is 5.76. The number of hydrazine groups is 1. The van der Waals surface area contributed by atoms with Crippen LogP contribution in [0.1, 0.15) is 11.3 Å². The summed E-state index contributed by atoms with van der Waals surface area (Å²) in [5.74, 6) is 6.01. The van der Waals surface area contributed by atoms with Gasteiger partial charge in [-0.25, -0.2) is 20.8 Å². The van der Waals surface area contributed by atoms with Crippen molar-refractivity contribution in [2.45, 2.75) is 29.1 Å². The third-order valence-electron chi connectivity index (χ3n) is 2.30. The van der Waals surface area contributed by atoms with E-state index in [2.05, 4.69) is 27.3 Å². The predicted molar refractivity (Wildman–Crippen MR) is 79.5 cm³/mol. The molecule has 0 saturated carbocycles. The zero-order valence-corrected chi connectivity index (χ0v) is 12.6. The van der Waals surface area contributed by atoms with Crippen LogP contribution in [0, 0.1) is 13.8 Å². The molecule has 0 aliphatic rings. The van der Waals surface area contributed by atoms with Crippen LogP contribution in [0.5, 0.6) is 0 Å². The minimum Gasteiger partial charge on any atom is -0.308 e. The maximum absolute atomic E-state index is 5.41. The maximum Gasteiger partial charge on any atom is 0.190 e. The smallest absolute Gasteiger partial charge is 0.190 e. The van der Waals surface area contributed by atoms with E-state index < -0.39 is 0 Å². The lowest BCUT2D eigenvalue weighted by Gasteiger charge is -2.06. The average molecular weight is 293 g/mol. The summed E-state index contributed by atoms with van der Waals surface area (Å²) in [6, 6.07) is 5.89. The molecular weight excluding hydrogens is 278 g/mol. The Hall–Kier alpha value is -1.31. The molecule has 0 aliphatic heterocycles. The van der Waals surface area contributed by atoms with Gasteiger partial charge in [0, 0.05) is 11.8 Å². The minimum absolute atomic E-state index is 0.603. The van der Waals surface area contributed by atoms with Crippen molar-refractivity contribution in [2.75, 3.05) is 11.7 Å². The summed E-state index contributed by atoms with van der Waals surface area (Å²) in [6.45, 7) is 4.04. The highest BCUT2D eigenvalue weighted by Crippen LogP contribution is 2.28. The second kappa shape index (κ2) is 6.23. The van der Waals surface area contributed by atoms with Crippen molar-refractivity contribution >= 4 is 29.3 Å². The van der Waals surface area contributed by atoms with E-state index in [0.29, 0.717) is 11.0 Å². The molecule has 0 spiro atoms. The number of rotatable bonds is 4. The largest absolute Gasteiger partial charge is 0.308 e. The lowest BCUT2D eigenvalue weighted by molar-refractivity contribution is 0.890. The topological polar surface area (TPSA) is 76.7 Å². The van der Waals surface area contributed by atoms with E-state index >= 15 is 0 Å². The molecule has 0 unspecified atom stereocenters. The zero-order chi connectivity index (χ0) is 13.8. The number of pyridine rings is 1. The number of hydrogen-bond donors (Lipinski definition) is 2. The average Bonchev–Trinajstić information content (AvgIpc) is 2.37. The molecule has 100 valence electrons. The maximum atomic E-state index is 5.41. The summed E-state index contributed by atoms with van der Waals surface area (Å²) in [6.07, 6.45) is 1.93. The van der Waals surface area contributed by atoms with Gasteiger partial charge in [-0.05, 0) is 49.6 Å². The van der Waals surface area contributed by atoms with E-state index in [1.165, 1.54) is 29.1 Å². The van der Waals surface area contributed by atoms with Gasteiger partial charge in [-0.2, -0.15) is 0 Å². The molecule has 0 aromatic carbocycles. The van der Waals surface area contributed by atoms with E-state index in [1.54, 1.807) is 0 Å². The Bertz CT molecular complexity index is 546. The van der Waals surface area contributed by atoms with Crippen molar-refractivity contribution in [1.29, 1.82) is 0 Å². The molecule has 19 heavy (non-hydrogen) atoms. The highest BCUT2D eigenvalue weighted by Gasteiger charge is 2.07. The fourth-order valence-electron chi connectivity index (χ4n) is 1.59. The first-order valence-electron chi connectivity index (χ1n) is 5.63. The van der Waals surface area contributed by atoms with E-state index in [1.807, 2.05) is 31.4 Å². The summed E-state index contributed by atoms with van der Waals surface area (Å²) in [7, 11) is 0. The molecule has 0 aliphatic carbocycles. The van der Waals surface area contributed by atoms with Gasteiger partial charge < -0.3 is 5.43 Å². The Labute approximate surface area is 120 Å². The quantitative estimate of drug-likeness (QED) is 0.295. The highest BCUT2D eigenvalue weighted by molar-refractivity contribution is 7.99. The molecule has 5 nitrogen and oxygen atoms in total. The predicted octanol–water partition coefficient (Wildman–Crippen LogP) is 2.65. The van der Waals surface area contributed by atoms with Crippen LogP contribution in [0.25, 0.3) is 0 Å². The lowest BCUT2D eigenvalue weighted by atomic mass is 10.3. The second-order valence-electron chi connectivity index (χ2n) is 3.95. The summed E-state index contributed by atoms with van der Waals surface area (Å²) in [5, 5.41) is 2.43. The van der Waals surface area contributed by atoms with E-state index in [4.69, 9.17) is 5.84 Å². The number of aromatic nitrogens is 3. The van der Waals surface area contributed by atoms with Gasteiger partial charge in [-0.15, -0.1) is 0 Å². The molecule has 2 aromatic heterocycles. The van der Waals surface area contributed by atoms with Gasteiger partial charge in [0.25, 0.3) is 0 Å². The van der Waals surface area contributed by atoms with Crippen LogP contribution in [-0.2, 0) is 0 Å². The van der Waals surface area contributed by atoms with Crippen LogP contribution in [0.15, 0.2) is 33.4 Å². The Balaban J connectivity index is 2.31. The summed E-state index contributed by atoms with van der Waals surface area (Å²) in [5.41, 5.74) is 4.74. The third kappa shape index (κ3) is 3.82. The van der Waals surface area contributed by atoms with Gasteiger partial charge in [-0.1, -0.05) is 11.8 Å². The first-order valence-corrected chi connectivity index (χ1v) is 7.67. The van der Waals surface area contributed by atoms with Crippen molar-refractivity contribution in [2.24, 2.45) is 5.84 Å². The number of nitrogens with one attached hydrogen (secondary N) is 1. The van der Waals surface area contributed by atoms with Gasteiger partial charge in [0.05, 0.1) is 0 Å². The number of nitrogen functional groups attached to an aromatic ring is 1. The van der Waals surface area contributed by atoms with Crippen LogP contribution in [0.3, 0.4) is 0 Å². The van der Waals surface area contributed by atoms with Gasteiger partial charge in [0.15, 0.2) is 5.16 Å². The number of anilines is 1. The lowest BCUT2D eigenvalue weighted by Crippen LogP contribution is -2.09. The SMILES string of the molecule is CSc1nc(NN)cc(Sc2cc(C)cc(C)n2)n1. The molecule has 2 rings (SSSR count). The molecule has 0 radical (unpaired) electrons. The Morgan fingerprint density at radius 1 is 1.05 bits per heavy atom. The first kappa shape index (κ1) is 14.1. The number of nitrogens with two attached hydrogens (primary N) is 1. The molecule has 0 bridgehead atoms. The van der Waals surface area contributed by atoms with Crippen molar-refractivity contribution in [3.05, 3.63) is 29.5 Å². The third-order valence-corrected chi connectivity index (χ3v) is 3.68. The highest BCUT2D eigenvalue weighted by atomic mass is 32.2. The Morgan fingerprint density at radius 2 is 1.79 bits per heavy atom. The molecule has 7 heteroatoms. The number of nitrogens with zero attached hydrogens (tertiary/aromatic N) is 3. The van der Waals surface area contributed by atoms with Crippen molar-refractivity contribution in [3.63, 3.8) is 0 Å². The monoisotopic (exact) mass is 293 g/mol. The number of thioether (sulfide) groups is 1. The fraction of sp³-hybridized carbons (Fsp3) is 0.250. The molecule has 2 heterocycles. The zero-order valence-electron chi connectivity index (χ0n) is 11.0. The van der Waals surface area contributed by atoms with Crippen LogP contribution >= 0.6 is 23.5 Å². The number of hydrogen-bond acceptors (Lipinski definition) is 7. The molecular formula is C12H15N5S2. The van der Waals surface area contributed by atoms with Crippen LogP contribution < -0.4 is 11.3 Å². The Kier molecular flexibility index (Phi) is 4.62. The Morgan fingerprint density at radius 3 is 2.42 bits per heavy atom. The van der Waals surface area contributed by atoms with Crippen molar-refractivity contribution < 1.29 is 0 Å². The number of aryl methyl sites for hydroxylation is 2. The summed E-state index contributed by atoms with van der Waals surface area (Å²) >= 11 is 2.98. The van der Waals surface area contributed by atoms with E-state index in [-0.39, 0.29) is 0 Å². The van der Waals surface area contributed by atoms with Crippen molar-refractivity contribution in [3.8, 4) is 0 Å². The molecule has 2 aromatic rings. The molecule has 0 amide bonds. The molecule has 0 fully saturated rings. The normalized spacial score (nSPS) is 10.5. The van der Waals surface area contributed by atoms with Crippen molar-refractivity contribution in [1.82, 2.24) is 15.0 Å². The van der Waals surface area contributed by atoms with Crippen LogP contribution in [-0.4, -0.2) is 21.2 Å². The molecule has 0 saturated heterocycles. The summed E-state index contributed by atoms with van der Waals surface area (Å²) in [4.78, 5) is 13.1. The van der Waals surface area contributed by atoms with Crippen LogP contribution in [0.2, 0.25) is 0 Å². The van der Waals surface area contributed by atoms with Gasteiger partial charge >= 0.3 is 0 Å². The van der Waals surface area contributed by atoms with E-state index in [9.17, 15) is 0 Å². The standard InChI is InChI=1S/C12H15N5S2/c1-7-4-8(2)14-10(5-7)19-11-6-9(17-13)15-12(16-11)18-3/h4-6H,13H2,1-3H3,(H,15,16,17). The first-order chi connectivity index (χ1) is 9.10. The minimum atomic E-state index is 0.603. The van der Waals surface area contributed by atoms with E-state index in [0.717, 1.165) is 15.7 Å². The van der Waals surface area contributed by atoms with Gasteiger partial charge in [0.1, 0.15) is 15.9 Å². The molecule has 0 atom stereocenters. The van der Waals surface area contributed by atoms with Gasteiger partial charge in [0.2, 0.25) is 0 Å².